The van der Waals surface area contributed by atoms with E-state index in [1.54, 1.807) is 0 Å². The normalized spacial score (nSPS) is 25.4. The van der Waals surface area contributed by atoms with Crippen LogP contribution in [0.25, 0.3) is 11.3 Å². The maximum Gasteiger partial charge on any atom is 0.153 e. The van der Waals surface area contributed by atoms with E-state index in [0.29, 0.717) is 12.2 Å². The lowest BCUT2D eigenvalue weighted by molar-refractivity contribution is -0.131. The summed E-state index contributed by atoms with van der Waals surface area (Å²) >= 11 is 0. The molecule has 1 N–H and O–H groups in total. The zero-order valence-corrected chi connectivity index (χ0v) is 20.4. The highest BCUT2D eigenvalue weighted by Gasteiger charge is 2.56. The SMILES string of the molecule is Cc1nc(-c2cccc(CCCO)c2)c2c(n1)[C@@]1(c3ccccc3)CC(C#N)C(=O)[C@@H](C)[C@@H]1CC2. The summed E-state index contributed by atoms with van der Waals surface area (Å²) in [7, 11) is 0. The van der Waals surface area contributed by atoms with E-state index < -0.39 is 11.3 Å². The molecule has 0 amide bonds. The summed E-state index contributed by atoms with van der Waals surface area (Å²) in [5, 5.41) is 19.2. The number of nitriles is 1. The van der Waals surface area contributed by atoms with Gasteiger partial charge < -0.3 is 5.11 Å². The molecule has 5 rings (SSSR count). The van der Waals surface area contributed by atoms with Crippen LogP contribution in [0.5, 0.6) is 0 Å². The van der Waals surface area contributed by atoms with Crippen LogP contribution < -0.4 is 0 Å². The zero-order chi connectivity index (χ0) is 24.6. The molecule has 178 valence electrons. The Bertz CT molecular complexity index is 1300. The number of rotatable bonds is 5. The fourth-order valence-electron chi connectivity index (χ4n) is 6.50. The second kappa shape index (κ2) is 9.36. The predicted molar refractivity (Wildman–Crippen MR) is 135 cm³/mol. The third-order valence-corrected chi connectivity index (χ3v) is 8.07. The van der Waals surface area contributed by atoms with Gasteiger partial charge in [0, 0.05) is 29.1 Å². The maximum absolute atomic E-state index is 13.1. The van der Waals surface area contributed by atoms with Gasteiger partial charge in [-0.15, -0.1) is 0 Å². The topological polar surface area (TPSA) is 86.9 Å². The number of aliphatic hydroxyl groups is 1. The number of aromatic nitrogens is 2. The zero-order valence-electron chi connectivity index (χ0n) is 20.4. The van der Waals surface area contributed by atoms with Crippen molar-refractivity contribution in [2.75, 3.05) is 6.61 Å². The van der Waals surface area contributed by atoms with Crippen molar-refractivity contribution in [2.45, 2.75) is 51.4 Å². The fourth-order valence-corrected chi connectivity index (χ4v) is 6.50. The van der Waals surface area contributed by atoms with Crippen LogP contribution in [0.1, 0.15) is 54.4 Å². The van der Waals surface area contributed by atoms with Crippen LogP contribution >= 0.6 is 0 Å². The molecule has 0 radical (unpaired) electrons. The minimum atomic E-state index is -0.645. The molecule has 5 nitrogen and oxygen atoms in total. The lowest BCUT2D eigenvalue weighted by atomic mass is 9.50. The van der Waals surface area contributed by atoms with Crippen molar-refractivity contribution in [1.82, 2.24) is 9.97 Å². The number of hydrogen-bond donors (Lipinski definition) is 1. The molecule has 0 aliphatic heterocycles. The van der Waals surface area contributed by atoms with E-state index in [9.17, 15) is 15.2 Å². The van der Waals surface area contributed by atoms with Crippen molar-refractivity contribution in [3.63, 3.8) is 0 Å². The van der Waals surface area contributed by atoms with Gasteiger partial charge in [0.15, 0.2) is 5.78 Å². The molecule has 0 spiro atoms. The molecule has 2 aromatic carbocycles. The van der Waals surface area contributed by atoms with Gasteiger partial charge in [-0.3, -0.25) is 4.79 Å². The third-order valence-electron chi connectivity index (χ3n) is 8.07. The van der Waals surface area contributed by atoms with Crippen LogP contribution in [-0.2, 0) is 23.1 Å². The number of Topliss-reactive ketones (excluding diaryl/α,β-unsaturated/α-hetero) is 1. The summed E-state index contributed by atoms with van der Waals surface area (Å²) in [6.07, 6.45) is 3.66. The summed E-state index contributed by atoms with van der Waals surface area (Å²) in [5.74, 6) is 0.00591. The Morgan fingerprint density at radius 1 is 1.14 bits per heavy atom. The summed E-state index contributed by atoms with van der Waals surface area (Å²) < 4.78 is 0. The molecular formula is C30H31N3O2. The Labute approximate surface area is 206 Å². The molecule has 2 aliphatic rings. The van der Waals surface area contributed by atoms with Crippen molar-refractivity contribution in [3.8, 4) is 17.3 Å². The number of fused-ring (bicyclic) bond motifs is 3. The van der Waals surface area contributed by atoms with E-state index in [2.05, 4.69) is 42.5 Å². The standard InChI is InChI=1S/C30H31N3O2/c1-19-26-14-13-25-27(22-10-6-8-21(16-22)9-7-15-34)32-20(2)33-29(25)30(26,17-23(18-31)28(19)35)24-11-4-3-5-12-24/h3-6,8,10-12,16,19,23,26,34H,7,9,13-15,17H2,1-2H3/t19-,23?,26-,30+/m0/s1. The van der Waals surface area contributed by atoms with Gasteiger partial charge in [-0.1, -0.05) is 55.5 Å². The quantitative estimate of drug-likeness (QED) is 0.575. The Morgan fingerprint density at radius 3 is 2.69 bits per heavy atom. The summed E-state index contributed by atoms with van der Waals surface area (Å²) in [6, 6.07) is 21.1. The number of carbonyl (C=O) groups excluding carboxylic acids is 1. The number of aliphatic hydroxyl groups excluding tert-OH is 1. The van der Waals surface area contributed by atoms with Crippen LogP contribution in [0.3, 0.4) is 0 Å². The second-order valence-corrected chi connectivity index (χ2v) is 10.0. The molecule has 0 bridgehead atoms. The van der Waals surface area contributed by atoms with Crippen molar-refractivity contribution < 1.29 is 9.90 Å². The van der Waals surface area contributed by atoms with Crippen LogP contribution in [0.2, 0.25) is 0 Å². The molecule has 4 atom stereocenters. The first-order valence-electron chi connectivity index (χ1n) is 12.6. The van der Waals surface area contributed by atoms with E-state index >= 15 is 0 Å². The lowest BCUT2D eigenvalue weighted by Crippen LogP contribution is -2.53. The lowest BCUT2D eigenvalue weighted by Gasteiger charge is -2.51. The fraction of sp³-hybridized carbons (Fsp3) is 0.400. The van der Waals surface area contributed by atoms with Gasteiger partial charge in [0.25, 0.3) is 0 Å². The minimum Gasteiger partial charge on any atom is -0.396 e. The number of ketones is 1. The molecular weight excluding hydrogens is 434 g/mol. The molecule has 5 heteroatoms. The first kappa shape index (κ1) is 23.4. The van der Waals surface area contributed by atoms with E-state index in [4.69, 9.17) is 9.97 Å². The molecule has 0 saturated heterocycles. The largest absolute Gasteiger partial charge is 0.396 e. The number of hydrogen-bond acceptors (Lipinski definition) is 5. The predicted octanol–water partition coefficient (Wildman–Crippen LogP) is 4.97. The van der Waals surface area contributed by atoms with E-state index in [-0.39, 0.29) is 24.2 Å². The first-order chi connectivity index (χ1) is 17.0. The van der Waals surface area contributed by atoms with Crippen LogP contribution in [0.4, 0.5) is 0 Å². The Hall–Kier alpha value is -3.36. The van der Waals surface area contributed by atoms with Crippen molar-refractivity contribution in [2.24, 2.45) is 17.8 Å². The molecule has 1 fully saturated rings. The highest BCUT2D eigenvalue weighted by molar-refractivity contribution is 5.87. The molecule has 2 aliphatic carbocycles. The smallest absolute Gasteiger partial charge is 0.153 e. The highest BCUT2D eigenvalue weighted by Crippen LogP contribution is 2.56. The summed E-state index contributed by atoms with van der Waals surface area (Å²) in [5.41, 5.74) is 5.93. The average molecular weight is 466 g/mol. The number of benzene rings is 2. The number of aryl methyl sites for hydroxylation is 2. The number of carbonyl (C=O) groups is 1. The van der Waals surface area contributed by atoms with Gasteiger partial charge in [-0.05, 0) is 62.1 Å². The molecule has 1 aromatic heterocycles. The minimum absolute atomic E-state index is 0.0649. The van der Waals surface area contributed by atoms with E-state index in [1.165, 1.54) is 5.56 Å². The highest BCUT2D eigenvalue weighted by atomic mass is 16.2. The van der Waals surface area contributed by atoms with Gasteiger partial charge in [0.05, 0.1) is 17.5 Å². The monoisotopic (exact) mass is 465 g/mol. The third kappa shape index (κ3) is 3.86. The summed E-state index contributed by atoms with van der Waals surface area (Å²) in [6.45, 7) is 4.10. The number of nitrogens with zero attached hydrogens (tertiary/aromatic N) is 3. The Morgan fingerprint density at radius 2 is 1.94 bits per heavy atom. The van der Waals surface area contributed by atoms with Crippen molar-refractivity contribution >= 4 is 5.78 Å². The van der Waals surface area contributed by atoms with Crippen LogP contribution in [0.15, 0.2) is 54.6 Å². The molecule has 3 aromatic rings. The Balaban J connectivity index is 1.74. The van der Waals surface area contributed by atoms with Gasteiger partial charge in [-0.25, -0.2) is 9.97 Å². The maximum atomic E-state index is 13.1. The van der Waals surface area contributed by atoms with Crippen LogP contribution in [0, 0.1) is 36.0 Å². The molecule has 1 unspecified atom stereocenters. The molecule has 35 heavy (non-hydrogen) atoms. The second-order valence-electron chi connectivity index (χ2n) is 10.0. The summed E-state index contributed by atoms with van der Waals surface area (Å²) in [4.78, 5) is 23.1. The van der Waals surface area contributed by atoms with Gasteiger partial charge in [0.1, 0.15) is 11.7 Å². The molecule has 1 heterocycles. The van der Waals surface area contributed by atoms with Crippen molar-refractivity contribution in [1.29, 1.82) is 5.26 Å². The molecule has 1 saturated carbocycles. The van der Waals surface area contributed by atoms with Gasteiger partial charge in [0.2, 0.25) is 0 Å². The average Bonchev–Trinajstić information content (AvgIpc) is 2.89. The van der Waals surface area contributed by atoms with E-state index in [1.807, 2.05) is 32.0 Å². The van der Waals surface area contributed by atoms with Crippen LogP contribution in [-0.4, -0.2) is 27.5 Å². The Kier molecular flexibility index (Phi) is 6.25. The van der Waals surface area contributed by atoms with E-state index in [0.717, 1.165) is 53.8 Å². The van der Waals surface area contributed by atoms with Crippen molar-refractivity contribution in [3.05, 3.63) is 82.8 Å². The van der Waals surface area contributed by atoms with Gasteiger partial charge in [-0.2, -0.15) is 5.26 Å². The van der Waals surface area contributed by atoms with Gasteiger partial charge >= 0.3 is 0 Å². The first-order valence-corrected chi connectivity index (χ1v) is 12.6.